The molecule has 1 aromatic heterocycles. The predicted octanol–water partition coefficient (Wildman–Crippen LogP) is 5.11. The van der Waals surface area contributed by atoms with Crippen molar-refractivity contribution in [1.29, 1.82) is 0 Å². The Morgan fingerprint density at radius 2 is 1.79 bits per heavy atom. The maximum Gasteiger partial charge on any atom is 0.411 e. The van der Waals surface area contributed by atoms with Gasteiger partial charge in [-0.1, -0.05) is 26.0 Å². The molecule has 16 nitrogen and oxygen atoms in total. The van der Waals surface area contributed by atoms with E-state index in [9.17, 15) is 45.5 Å². The number of carbonyl (C=O) groups excluding carboxylic acids is 3. The number of anilines is 1. The Bertz CT molecular complexity index is 2270. The van der Waals surface area contributed by atoms with Gasteiger partial charge in [-0.2, -0.15) is 18.2 Å². The van der Waals surface area contributed by atoms with Crippen molar-refractivity contribution < 1.29 is 59.7 Å². The number of rotatable bonds is 10. The van der Waals surface area contributed by atoms with Crippen LogP contribution in [-0.2, 0) is 24.4 Å². The molecule has 4 heterocycles. The van der Waals surface area contributed by atoms with Gasteiger partial charge in [0.2, 0.25) is 33.7 Å². The molecule has 2 aliphatic carbocycles. The number of nitrogens with zero attached hydrogens (tertiary/aromatic N) is 5. The first-order valence-corrected chi connectivity index (χ1v) is 22.8. The van der Waals surface area contributed by atoms with Crippen molar-refractivity contribution in [3.8, 4) is 11.6 Å². The normalized spacial score (nSPS) is 28.9. The SMILES string of the molecule is COc1ccc2c(O[C@@H]3C[C@H]4C(=O)N[C@]5(C(=O)NS(=O)(=O)C6(CF)CC6)C[C@H]5C=CCC[C@@H](C)C[C@@H](C)[C@H](N(C(=O)O)C(C)(C)C(F)(F)F)C(=O)N4C3)nc(N3CCCC3)nc2c1. The van der Waals surface area contributed by atoms with Gasteiger partial charge in [0.05, 0.1) is 24.6 Å². The number of halogens is 4. The van der Waals surface area contributed by atoms with Crippen LogP contribution in [0.2, 0.25) is 0 Å². The molecule has 63 heavy (non-hydrogen) atoms. The van der Waals surface area contributed by atoms with Crippen LogP contribution in [-0.4, -0.2) is 131 Å². The van der Waals surface area contributed by atoms with E-state index in [4.69, 9.17) is 19.4 Å². The van der Waals surface area contributed by atoms with Gasteiger partial charge >= 0.3 is 12.3 Å². The highest BCUT2D eigenvalue weighted by Crippen LogP contribution is 2.48. The highest BCUT2D eigenvalue weighted by Gasteiger charge is 2.64. The molecule has 2 aromatic rings. The number of carboxylic acid groups (broad SMARTS) is 1. The smallest absolute Gasteiger partial charge is 0.411 e. The van der Waals surface area contributed by atoms with Gasteiger partial charge in [-0.05, 0) is 89.2 Å². The average Bonchev–Trinajstić information content (AvgIpc) is 4.02. The van der Waals surface area contributed by atoms with E-state index in [2.05, 4.69) is 5.32 Å². The highest BCUT2D eigenvalue weighted by atomic mass is 32.2. The van der Waals surface area contributed by atoms with Crippen molar-refractivity contribution >= 4 is 50.7 Å². The molecule has 21 heteroatoms. The maximum atomic E-state index is 15.2. The number of carbonyl (C=O) groups is 4. The minimum Gasteiger partial charge on any atom is -0.497 e. The minimum atomic E-state index is -5.13. The van der Waals surface area contributed by atoms with Crippen molar-refractivity contribution in [2.75, 3.05) is 38.3 Å². The molecule has 0 bridgehead atoms. The molecule has 1 aromatic carbocycles. The summed E-state index contributed by atoms with van der Waals surface area (Å²) in [6, 6.07) is 1.54. The second kappa shape index (κ2) is 16.9. The zero-order valence-electron chi connectivity index (χ0n) is 35.9. The molecule has 4 fully saturated rings. The van der Waals surface area contributed by atoms with E-state index < -0.39 is 99.1 Å². The number of alkyl halides is 4. The Labute approximate surface area is 363 Å². The fraction of sp³-hybridized carbons (Fsp3) is 0.667. The largest absolute Gasteiger partial charge is 0.497 e. The monoisotopic (exact) mass is 909 g/mol. The zero-order valence-corrected chi connectivity index (χ0v) is 36.7. The first-order chi connectivity index (χ1) is 29.6. The lowest BCUT2D eigenvalue weighted by Gasteiger charge is -2.45. The molecular weight excluding hydrogens is 855 g/mol. The van der Waals surface area contributed by atoms with Crippen molar-refractivity contribution in [1.82, 2.24) is 29.8 Å². The number of hydrogen-bond donors (Lipinski definition) is 3. The van der Waals surface area contributed by atoms with Crippen LogP contribution in [0, 0.1) is 17.8 Å². The number of amides is 4. The summed E-state index contributed by atoms with van der Waals surface area (Å²) in [6.45, 7) is 4.42. The van der Waals surface area contributed by atoms with E-state index in [1.165, 1.54) is 14.0 Å². The summed E-state index contributed by atoms with van der Waals surface area (Å²) < 4.78 is 97.1. The summed E-state index contributed by atoms with van der Waals surface area (Å²) >= 11 is 0. The third-order valence-electron chi connectivity index (χ3n) is 13.5. The first-order valence-electron chi connectivity index (χ1n) is 21.4. The molecule has 7 atom stereocenters. The van der Waals surface area contributed by atoms with E-state index in [0.29, 0.717) is 62.4 Å². The molecular formula is C42H55F4N7O9S. The Morgan fingerprint density at radius 1 is 1.10 bits per heavy atom. The van der Waals surface area contributed by atoms with Crippen LogP contribution in [0.5, 0.6) is 11.6 Å². The van der Waals surface area contributed by atoms with Crippen LogP contribution < -0.4 is 24.4 Å². The van der Waals surface area contributed by atoms with Gasteiger partial charge in [0.1, 0.15) is 46.4 Å². The molecule has 3 N–H and O–H groups in total. The van der Waals surface area contributed by atoms with Gasteiger partial charge in [-0.15, -0.1) is 0 Å². The number of sulfonamides is 1. The fourth-order valence-electron chi connectivity index (χ4n) is 9.24. The lowest BCUT2D eigenvalue weighted by Crippen LogP contribution is -2.66. The van der Waals surface area contributed by atoms with Crippen LogP contribution >= 0.6 is 0 Å². The van der Waals surface area contributed by atoms with E-state index in [1.807, 2.05) is 16.5 Å². The fourth-order valence-corrected chi connectivity index (χ4v) is 10.7. The quantitative estimate of drug-likeness (QED) is 0.211. The third-order valence-corrected chi connectivity index (χ3v) is 15.6. The topological polar surface area (TPSA) is 201 Å². The van der Waals surface area contributed by atoms with Crippen LogP contribution in [0.4, 0.5) is 28.3 Å². The summed E-state index contributed by atoms with van der Waals surface area (Å²) in [4.78, 5) is 69.5. The zero-order chi connectivity index (χ0) is 45.9. The number of benzene rings is 1. The molecule has 346 valence electrons. The Kier molecular flexibility index (Phi) is 12.3. The number of nitrogens with one attached hydrogen (secondary N) is 2. The summed E-state index contributed by atoms with van der Waals surface area (Å²) in [5.74, 6) is -4.12. The van der Waals surface area contributed by atoms with E-state index >= 15 is 4.79 Å². The summed E-state index contributed by atoms with van der Waals surface area (Å²) in [5, 5.41) is 13.7. The third kappa shape index (κ3) is 8.69. The van der Waals surface area contributed by atoms with Crippen molar-refractivity contribution in [3.05, 3.63) is 30.4 Å². The standard InChI is InChI=1S/C42H55F4N7O9S/c1-24-10-6-7-11-26-21-41(26,36(56)50-63(59,60)40(23-43)14-15-40)49-33(54)31-20-28(22-52(31)35(55)32(25(2)18-24)53(38(57)58)39(3,4)42(44,45)46)62-34-29-13-12-27(61-5)19-30(29)47-37(48-34)51-16-8-9-17-51/h7,11-13,19,24-26,28,31-32H,6,8-10,14-18,20-23H2,1-5H3,(H,49,54)(H,50,56)(H,57,58)/t24-,25-,26-,28-,31+,32+,41-/m1/s1. The Balaban J connectivity index is 1.31. The van der Waals surface area contributed by atoms with Gasteiger partial charge < -0.3 is 29.7 Å². The summed E-state index contributed by atoms with van der Waals surface area (Å²) in [7, 11) is -3.02. The highest BCUT2D eigenvalue weighted by molar-refractivity contribution is 7.91. The number of methoxy groups -OCH3 is 1. The van der Waals surface area contributed by atoms with Gasteiger partial charge in [-0.25, -0.2) is 22.6 Å². The molecule has 0 unspecified atom stereocenters. The first kappa shape index (κ1) is 46.1. The second-order valence-electron chi connectivity index (χ2n) is 18.4. The number of fused-ring (bicyclic) bond motifs is 3. The molecule has 0 radical (unpaired) electrons. The Morgan fingerprint density at radius 3 is 2.41 bits per heavy atom. The van der Waals surface area contributed by atoms with Crippen LogP contribution in [0.1, 0.15) is 85.5 Å². The van der Waals surface area contributed by atoms with Crippen LogP contribution in [0.15, 0.2) is 30.4 Å². The lowest BCUT2D eigenvalue weighted by atomic mass is 9.85. The average molecular weight is 910 g/mol. The maximum absolute atomic E-state index is 15.2. The number of allylic oxidation sites excluding steroid dienone is 1. The number of ether oxygens (including phenoxy) is 2. The van der Waals surface area contributed by atoms with Crippen LogP contribution in [0.25, 0.3) is 10.9 Å². The lowest BCUT2D eigenvalue weighted by molar-refractivity contribution is -0.222. The molecule has 7 rings (SSSR count). The number of hydrogen-bond acceptors (Lipinski definition) is 11. The predicted molar refractivity (Wildman–Crippen MR) is 221 cm³/mol. The summed E-state index contributed by atoms with van der Waals surface area (Å²) in [6.07, 6.45) is -2.26. The molecule has 2 saturated carbocycles. The molecule has 3 aliphatic heterocycles. The molecule has 2 saturated heterocycles. The molecule has 0 spiro atoms. The molecule has 4 amide bonds. The summed E-state index contributed by atoms with van der Waals surface area (Å²) in [5.41, 5.74) is -4.46. The van der Waals surface area contributed by atoms with Crippen LogP contribution in [0.3, 0.4) is 0 Å². The Hall–Kier alpha value is -4.95. The van der Waals surface area contributed by atoms with Crippen molar-refractivity contribution in [3.63, 3.8) is 0 Å². The van der Waals surface area contributed by atoms with E-state index in [-0.39, 0.29) is 48.8 Å². The van der Waals surface area contributed by atoms with Crippen molar-refractivity contribution in [2.45, 2.75) is 126 Å². The van der Waals surface area contributed by atoms with Crippen molar-refractivity contribution in [2.24, 2.45) is 17.8 Å². The minimum absolute atomic E-state index is 0.000303. The second-order valence-corrected chi connectivity index (χ2v) is 20.5. The molecule has 5 aliphatic rings. The van der Waals surface area contributed by atoms with E-state index in [0.717, 1.165) is 17.7 Å². The number of aromatic nitrogens is 2. The van der Waals surface area contributed by atoms with Gasteiger partial charge in [-0.3, -0.25) is 24.0 Å². The van der Waals surface area contributed by atoms with Gasteiger partial charge in [0.15, 0.2) is 0 Å². The van der Waals surface area contributed by atoms with Gasteiger partial charge in [0.25, 0.3) is 5.91 Å². The van der Waals surface area contributed by atoms with E-state index in [1.54, 1.807) is 30.4 Å². The van der Waals surface area contributed by atoms with Gasteiger partial charge in [0, 0.05) is 31.5 Å².